The highest BCUT2D eigenvalue weighted by molar-refractivity contribution is 5.47. The van der Waals surface area contributed by atoms with Gasteiger partial charge in [-0.1, -0.05) is 6.42 Å². The summed E-state index contributed by atoms with van der Waals surface area (Å²) in [7, 11) is 2.00. The van der Waals surface area contributed by atoms with Crippen molar-refractivity contribution in [2.45, 2.75) is 44.7 Å². The van der Waals surface area contributed by atoms with E-state index in [0.29, 0.717) is 0 Å². The molecule has 0 saturated carbocycles. The third-order valence-electron chi connectivity index (χ3n) is 4.36. The van der Waals surface area contributed by atoms with Crippen molar-refractivity contribution in [3.05, 3.63) is 24.0 Å². The van der Waals surface area contributed by atoms with Crippen molar-refractivity contribution < 1.29 is 0 Å². The molecule has 1 aliphatic rings. The van der Waals surface area contributed by atoms with Crippen molar-refractivity contribution in [2.75, 3.05) is 25.9 Å². The van der Waals surface area contributed by atoms with Gasteiger partial charge >= 0.3 is 0 Å². The third kappa shape index (κ3) is 2.90. The maximum Gasteiger partial charge on any atom is 0.0535 e. The Hall–Kier alpha value is -1.13. The first-order valence-electron chi connectivity index (χ1n) is 7.19. The van der Waals surface area contributed by atoms with Crippen LogP contribution in [0.15, 0.2) is 18.5 Å². The number of pyridine rings is 1. The fraction of sp³-hybridized carbons (Fsp3) is 0.667. The minimum atomic E-state index is 0.0341. The molecule has 4 nitrogen and oxygen atoms in total. The Morgan fingerprint density at radius 2 is 2.00 bits per heavy atom. The molecule has 1 atom stereocenters. The molecule has 19 heavy (non-hydrogen) atoms. The van der Waals surface area contributed by atoms with Gasteiger partial charge in [-0.05, 0) is 52.9 Å². The van der Waals surface area contributed by atoms with E-state index in [4.69, 9.17) is 5.73 Å². The second-order valence-corrected chi connectivity index (χ2v) is 5.93. The molecule has 2 rings (SSSR count). The van der Waals surface area contributed by atoms with E-state index in [-0.39, 0.29) is 11.6 Å². The zero-order valence-corrected chi connectivity index (χ0v) is 12.3. The Bertz CT molecular complexity index is 410. The fourth-order valence-corrected chi connectivity index (χ4v) is 3.20. The van der Waals surface area contributed by atoms with Gasteiger partial charge in [0.2, 0.25) is 0 Å². The number of likely N-dealkylation sites (N-methyl/N-ethyl adjacent to an activating group) is 1. The lowest BCUT2D eigenvalue weighted by atomic mass is 9.85. The summed E-state index contributed by atoms with van der Waals surface area (Å²) in [6.07, 6.45) is 7.58. The zero-order chi connectivity index (χ0) is 13.9. The summed E-state index contributed by atoms with van der Waals surface area (Å²) in [5.41, 5.74) is 8.08. The number of hydrogen-bond acceptors (Lipinski definition) is 4. The normalized spacial score (nSPS) is 19.3. The maximum atomic E-state index is 6.12. The molecule has 1 saturated heterocycles. The van der Waals surface area contributed by atoms with Crippen LogP contribution >= 0.6 is 0 Å². The summed E-state index contributed by atoms with van der Waals surface area (Å²) in [4.78, 5) is 6.81. The van der Waals surface area contributed by atoms with Gasteiger partial charge in [0, 0.05) is 29.2 Å². The van der Waals surface area contributed by atoms with Crippen molar-refractivity contribution in [1.29, 1.82) is 0 Å². The van der Waals surface area contributed by atoms with E-state index in [1.165, 1.54) is 32.4 Å². The summed E-state index contributed by atoms with van der Waals surface area (Å²) in [6.45, 7) is 6.94. The number of aromatic nitrogens is 1. The van der Waals surface area contributed by atoms with E-state index in [2.05, 4.69) is 29.0 Å². The van der Waals surface area contributed by atoms with Crippen LogP contribution < -0.4 is 11.1 Å². The van der Waals surface area contributed by atoms with Gasteiger partial charge in [-0.15, -0.1) is 0 Å². The lowest BCUT2D eigenvalue weighted by Crippen LogP contribution is -2.53. The molecular weight excluding hydrogens is 236 g/mol. The number of likely N-dealkylation sites (tertiary alicyclic amines) is 1. The molecule has 0 bridgehead atoms. The Labute approximate surface area is 116 Å². The zero-order valence-electron chi connectivity index (χ0n) is 12.3. The molecule has 1 aromatic rings. The van der Waals surface area contributed by atoms with E-state index in [0.717, 1.165) is 11.3 Å². The van der Waals surface area contributed by atoms with Crippen molar-refractivity contribution in [1.82, 2.24) is 15.2 Å². The number of rotatable bonds is 4. The van der Waals surface area contributed by atoms with Gasteiger partial charge in [-0.25, -0.2) is 0 Å². The van der Waals surface area contributed by atoms with Crippen LogP contribution in [0.2, 0.25) is 0 Å². The summed E-state index contributed by atoms with van der Waals surface area (Å²) in [5.74, 6) is 0. The summed E-state index contributed by atoms with van der Waals surface area (Å²) < 4.78 is 0. The number of nitrogens with zero attached hydrogens (tertiary/aromatic N) is 2. The van der Waals surface area contributed by atoms with Crippen LogP contribution in [0.3, 0.4) is 0 Å². The molecule has 0 radical (unpaired) electrons. The van der Waals surface area contributed by atoms with Crippen LogP contribution in [0.4, 0.5) is 5.69 Å². The molecule has 1 fully saturated rings. The summed E-state index contributed by atoms with van der Waals surface area (Å²) in [6, 6.07) is 2.07. The molecule has 0 aliphatic carbocycles. The average Bonchev–Trinajstić information content (AvgIpc) is 2.42. The van der Waals surface area contributed by atoms with Crippen molar-refractivity contribution >= 4 is 5.69 Å². The van der Waals surface area contributed by atoms with Crippen molar-refractivity contribution in [3.63, 3.8) is 0 Å². The minimum Gasteiger partial charge on any atom is -0.398 e. The third-order valence-corrected chi connectivity index (χ3v) is 4.36. The van der Waals surface area contributed by atoms with Gasteiger partial charge in [-0.2, -0.15) is 0 Å². The second-order valence-electron chi connectivity index (χ2n) is 5.93. The fourth-order valence-electron chi connectivity index (χ4n) is 3.20. The summed E-state index contributed by atoms with van der Waals surface area (Å²) >= 11 is 0. The first kappa shape index (κ1) is 14.3. The topological polar surface area (TPSA) is 54.2 Å². The standard InChI is InChI=1S/C15H26N4/c1-15(2,19-9-5-4-6-10-19)14(17-3)12-11-18-8-7-13(12)16/h7-8,11,14,17H,4-6,9-10H2,1-3H3,(H2,16,18). The predicted molar refractivity (Wildman–Crippen MR) is 80.0 cm³/mol. The highest BCUT2D eigenvalue weighted by atomic mass is 15.2. The van der Waals surface area contributed by atoms with Gasteiger partial charge in [0.05, 0.1) is 6.04 Å². The van der Waals surface area contributed by atoms with Gasteiger partial charge < -0.3 is 11.1 Å². The highest BCUT2D eigenvalue weighted by Crippen LogP contribution is 2.34. The van der Waals surface area contributed by atoms with Crippen LogP contribution in [-0.4, -0.2) is 35.6 Å². The number of nitrogens with two attached hydrogens (primary N) is 1. The van der Waals surface area contributed by atoms with Gasteiger partial charge in [0.25, 0.3) is 0 Å². The molecule has 0 amide bonds. The van der Waals surface area contributed by atoms with E-state index in [9.17, 15) is 0 Å². The number of piperidine rings is 1. The lowest BCUT2D eigenvalue weighted by molar-refractivity contribution is 0.0634. The van der Waals surface area contributed by atoms with Crippen LogP contribution in [0.25, 0.3) is 0 Å². The molecule has 0 aromatic carbocycles. The first-order valence-corrected chi connectivity index (χ1v) is 7.19. The smallest absolute Gasteiger partial charge is 0.0535 e. The molecule has 2 heterocycles. The minimum absolute atomic E-state index is 0.0341. The second kappa shape index (κ2) is 5.88. The van der Waals surface area contributed by atoms with Crippen molar-refractivity contribution in [2.24, 2.45) is 0 Å². The number of nitrogens with one attached hydrogen (secondary N) is 1. The Morgan fingerprint density at radius 1 is 1.32 bits per heavy atom. The van der Waals surface area contributed by atoms with Crippen LogP contribution in [-0.2, 0) is 0 Å². The summed E-state index contributed by atoms with van der Waals surface area (Å²) in [5, 5.41) is 3.44. The largest absolute Gasteiger partial charge is 0.398 e. The SMILES string of the molecule is CNC(c1cnccc1N)C(C)(C)N1CCCCC1. The lowest BCUT2D eigenvalue weighted by Gasteiger charge is -2.46. The number of hydrogen-bond donors (Lipinski definition) is 2. The maximum absolute atomic E-state index is 6.12. The predicted octanol–water partition coefficient (Wildman–Crippen LogP) is 2.19. The first-order chi connectivity index (χ1) is 9.07. The Balaban J connectivity index is 2.27. The Kier molecular flexibility index (Phi) is 4.42. The molecule has 106 valence electrons. The monoisotopic (exact) mass is 262 g/mol. The molecule has 1 unspecified atom stereocenters. The molecule has 0 spiro atoms. The van der Waals surface area contributed by atoms with Crippen LogP contribution in [0.1, 0.15) is 44.7 Å². The van der Waals surface area contributed by atoms with Gasteiger partial charge in [0.1, 0.15) is 0 Å². The van der Waals surface area contributed by atoms with E-state index in [1.54, 1.807) is 6.20 Å². The number of nitrogen functional groups attached to an aromatic ring is 1. The highest BCUT2D eigenvalue weighted by Gasteiger charge is 2.36. The van der Waals surface area contributed by atoms with E-state index >= 15 is 0 Å². The van der Waals surface area contributed by atoms with E-state index in [1.807, 2.05) is 19.3 Å². The molecule has 4 heteroatoms. The van der Waals surface area contributed by atoms with Crippen molar-refractivity contribution in [3.8, 4) is 0 Å². The quantitative estimate of drug-likeness (QED) is 0.873. The Morgan fingerprint density at radius 3 is 2.58 bits per heavy atom. The molecule has 1 aliphatic heterocycles. The molecule has 3 N–H and O–H groups in total. The van der Waals surface area contributed by atoms with Crippen LogP contribution in [0, 0.1) is 0 Å². The molecule has 1 aromatic heterocycles. The number of anilines is 1. The van der Waals surface area contributed by atoms with Gasteiger partial charge in [0.15, 0.2) is 0 Å². The van der Waals surface area contributed by atoms with E-state index < -0.39 is 0 Å². The average molecular weight is 262 g/mol. The van der Waals surface area contributed by atoms with Gasteiger partial charge in [-0.3, -0.25) is 9.88 Å². The van der Waals surface area contributed by atoms with Crippen LogP contribution in [0.5, 0.6) is 0 Å². The molecular formula is C15H26N4.